The van der Waals surface area contributed by atoms with E-state index in [1.807, 2.05) is 52.8 Å². The van der Waals surface area contributed by atoms with Crippen LogP contribution in [-0.2, 0) is 34.0 Å². The number of anilines is 1. The lowest BCUT2D eigenvalue weighted by molar-refractivity contribution is -0.143. The van der Waals surface area contributed by atoms with Gasteiger partial charge in [0.25, 0.3) is 0 Å². The molecule has 0 fully saturated rings. The fraction of sp³-hybridized carbons (Fsp3) is 0.543. The first-order chi connectivity index (χ1) is 25.3. The molecule has 2 aromatic carbocycles. The van der Waals surface area contributed by atoms with Crippen LogP contribution in [0.3, 0.4) is 0 Å². The van der Waals surface area contributed by atoms with Gasteiger partial charge in [0.1, 0.15) is 24.2 Å². The fourth-order valence-electron chi connectivity index (χ4n) is 5.55. The van der Waals surface area contributed by atoms with Gasteiger partial charge in [-0.25, -0.2) is 17.9 Å². The number of nitrogens with two attached hydrogens (primary N) is 2. The number of thiol groups is 1. The molecule has 2 aromatic rings. The number of sulfonamides is 1. The topological polar surface area (TPSA) is 268 Å². The van der Waals surface area contributed by atoms with E-state index in [9.17, 15) is 37.5 Å². The Hall–Kier alpha value is -4.62. The molecule has 300 valence electrons. The number of carbonyl (C=O) groups excluding carboxylic acids is 4. The Bertz CT molecular complexity index is 1770. The Morgan fingerprint density at radius 2 is 1.33 bits per heavy atom. The average Bonchev–Trinajstić information content (AvgIpc) is 3.08. The van der Waals surface area contributed by atoms with Crippen molar-refractivity contribution in [3.05, 3.63) is 36.4 Å². The molecule has 0 aliphatic rings. The number of aliphatic imine (C=N–C) groups is 1. The van der Waals surface area contributed by atoms with Crippen molar-refractivity contribution in [2.75, 3.05) is 37.8 Å². The summed E-state index contributed by atoms with van der Waals surface area (Å²) >= 11 is 4.19. The zero-order chi connectivity index (χ0) is 40.7. The highest BCUT2D eigenvalue weighted by Crippen LogP contribution is 2.30. The van der Waals surface area contributed by atoms with Gasteiger partial charge in [-0.2, -0.15) is 12.6 Å². The molecule has 0 heterocycles. The lowest BCUT2D eigenvalue weighted by atomic mass is 10.00. The summed E-state index contributed by atoms with van der Waals surface area (Å²) in [6, 6.07) is 5.24. The van der Waals surface area contributed by atoms with Crippen LogP contribution in [0.2, 0.25) is 0 Å². The molecule has 0 aliphatic carbocycles. The molecule has 0 aliphatic heterocycles. The van der Waals surface area contributed by atoms with E-state index in [2.05, 4.69) is 43.6 Å². The van der Waals surface area contributed by atoms with E-state index in [-0.39, 0.29) is 60.7 Å². The van der Waals surface area contributed by atoms with Crippen LogP contribution in [-0.4, -0.2) is 106 Å². The number of fused-ring (bicyclic) bond motifs is 1. The van der Waals surface area contributed by atoms with Crippen molar-refractivity contribution in [2.24, 2.45) is 28.3 Å². The number of rotatable bonds is 22. The van der Waals surface area contributed by atoms with Gasteiger partial charge in [-0.3, -0.25) is 24.2 Å². The number of carboxylic acids is 1. The van der Waals surface area contributed by atoms with Gasteiger partial charge in [-0.1, -0.05) is 52.0 Å². The first kappa shape index (κ1) is 45.5. The van der Waals surface area contributed by atoms with E-state index in [1.54, 1.807) is 24.3 Å². The maximum absolute atomic E-state index is 13.6. The highest BCUT2D eigenvalue weighted by Gasteiger charge is 2.32. The fourth-order valence-corrected chi connectivity index (χ4v) is 7.01. The predicted molar refractivity (Wildman–Crippen MR) is 211 cm³/mol. The zero-order valence-electron chi connectivity index (χ0n) is 31.6. The third kappa shape index (κ3) is 14.3. The summed E-state index contributed by atoms with van der Waals surface area (Å²) in [4.78, 5) is 70.8. The number of benzene rings is 2. The Kier molecular flexibility index (Phi) is 18.0. The zero-order valence-corrected chi connectivity index (χ0v) is 33.3. The molecule has 0 aromatic heterocycles. The molecule has 0 saturated carbocycles. The second kappa shape index (κ2) is 21.3. The highest BCUT2D eigenvalue weighted by atomic mass is 32.2. The number of carboxylic acid groups (broad SMARTS) is 1. The van der Waals surface area contributed by atoms with Gasteiger partial charge in [0.05, 0.1) is 11.4 Å². The van der Waals surface area contributed by atoms with Crippen molar-refractivity contribution in [3.63, 3.8) is 0 Å². The summed E-state index contributed by atoms with van der Waals surface area (Å²) in [5.74, 6) is -4.79. The largest absolute Gasteiger partial charge is 0.480 e. The molecule has 0 radical (unpaired) electrons. The van der Waals surface area contributed by atoms with Crippen molar-refractivity contribution in [2.45, 2.75) is 82.4 Å². The Labute approximate surface area is 322 Å². The van der Waals surface area contributed by atoms with Crippen LogP contribution >= 0.6 is 12.6 Å². The molecule has 0 saturated heterocycles. The van der Waals surface area contributed by atoms with Gasteiger partial charge in [0, 0.05) is 42.9 Å². The number of nitrogens with one attached hydrogen (secondary N) is 5. The SMILES string of the molecule is CC(C)C[C@H](NC(=O)[C@H](CC(C)C)NC(=O)[C@H](CCCN=C(N)N)NC(=O)[C@H](CS)NC(=O)CNS(=O)(=O)c1cccc2c(N(C)C)cccc12)C(=O)O. The van der Waals surface area contributed by atoms with E-state index in [0.717, 1.165) is 5.69 Å². The Morgan fingerprint density at radius 3 is 1.91 bits per heavy atom. The van der Waals surface area contributed by atoms with Crippen LogP contribution in [0.4, 0.5) is 5.69 Å². The predicted octanol–water partition coefficient (Wildman–Crippen LogP) is 0.284. The maximum Gasteiger partial charge on any atom is 0.326 e. The minimum Gasteiger partial charge on any atom is -0.480 e. The molecule has 10 N–H and O–H groups in total. The molecule has 17 nitrogen and oxygen atoms in total. The van der Waals surface area contributed by atoms with Crippen LogP contribution in [0.25, 0.3) is 10.8 Å². The minimum atomic E-state index is -4.18. The summed E-state index contributed by atoms with van der Waals surface area (Å²) in [6.45, 7) is 6.70. The number of amides is 4. The summed E-state index contributed by atoms with van der Waals surface area (Å²) in [5, 5.41) is 21.0. The monoisotopic (exact) mass is 793 g/mol. The number of hydrogen-bond acceptors (Lipinski definition) is 10. The summed E-state index contributed by atoms with van der Waals surface area (Å²) in [7, 11) is -0.504. The third-order valence-electron chi connectivity index (χ3n) is 8.13. The Morgan fingerprint density at radius 1 is 0.796 bits per heavy atom. The highest BCUT2D eigenvalue weighted by molar-refractivity contribution is 7.89. The number of aliphatic carboxylic acids is 1. The van der Waals surface area contributed by atoms with Gasteiger partial charge < -0.3 is 42.7 Å². The van der Waals surface area contributed by atoms with E-state index in [0.29, 0.717) is 10.8 Å². The molecule has 0 bridgehead atoms. The number of hydrogen-bond donors (Lipinski definition) is 9. The summed E-state index contributed by atoms with van der Waals surface area (Å²) < 4.78 is 28.9. The van der Waals surface area contributed by atoms with E-state index in [1.165, 1.54) is 6.07 Å². The van der Waals surface area contributed by atoms with Crippen LogP contribution in [0.15, 0.2) is 46.3 Å². The van der Waals surface area contributed by atoms with Crippen molar-refractivity contribution in [3.8, 4) is 0 Å². The average molecular weight is 794 g/mol. The molecule has 4 atom stereocenters. The molecule has 2 rings (SSSR count). The van der Waals surface area contributed by atoms with Crippen LogP contribution < -0.4 is 42.4 Å². The number of carbonyl (C=O) groups is 5. The standard InChI is InChI=1S/C35H55N9O8S2/c1-20(2)16-25(32(47)43-26(34(49)50)17-21(3)4)42-31(46)24(12-9-15-38-35(36)37)41-33(48)27(19-53)40-30(45)18-39-54(51,52)29-14-8-10-22-23(29)11-7-13-28(22)44(5)6/h7-8,10-11,13-14,20-21,24-27,39,53H,9,12,15-19H2,1-6H3,(H,40,45)(H,41,48)(H,42,46)(H,43,47)(H,49,50)(H4,36,37,38)/t24-,25-,26-,27-/m0/s1. The summed E-state index contributed by atoms with van der Waals surface area (Å²) in [5.41, 5.74) is 11.6. The molecule has 54 heavy (non-hydrogen) atoms. The quantitative estimate of drug-likeness (QED) is 0.0338. The second-order valence-corrected chi connectivity index (χ2v) is 16.0. The van der Waals surface area contributed by atoms with E-state index < -0.39 is 70.3 Å². The molecular weight excluding hydrogens is 739 g/mol. The van der Waals surface area contributed by atoms with Gasteiger partial charge >= 0.3 is 5.97 Å². The molecule has 0 spiro atoms. The van der Waals surface area contributed by atoms with Gasteiger partial charge in [-0.15, -0.1) is 0 Å². The first-order valence-electron chi connectivity index (χ1n) is 17.6. The smallest absolute Gasteiger partial charge is 0.326 e. The summed E-state index contributed by atoms with van der Waals surface area (Å²) in [6.07, 6.45) is 0.590. The minimum absolute atomic E-state index is 0.0169. The maximum atomic E-state index is 13.6. The van der Waals surface area contributed by atoms with Crippen molar-refractivity contribution in [1.82, 2.24) is 26.0 Å². The van der Waals surface area contributed by atoms with Gasteiger partial charge in [0.2, 0.25) is 33.7 Å². The van der Waals surface area contributed by atoms with Crippen molar-refractivity contribution in [1.29, 1.82) is 0 Å². The van der Waals surface area contributed by atoms with Crippen molar-refractivity contribution < 1.29 is 37.5 Å². The van der Waals surface area contributed by atoms with E-state index >= 15 is 0 Å². The Balaban J connectivity index is 2.21. The third-order valence-corrected chi connectivity index (χ3v) is 9.95. The normalized spacial score (nSPS) is 13.7. The number of guanidine groups is 1. The second-order valence-electron chi connectivity index (χ2n) is 13.9. The van der Waals surface area contributed by atoms with Gasteiger partial charge in [-0.05, 0) is 49.7 Å². The van der Waals surface area contributed by atoms with Crippen LogP contribution in [0, 0.1) is 11.8 Å². The van der Waals surface area contributed by atoms with E-state index in [4.69, 9.17) is 11.5 Å². The van der Waals surface area contributed by atoms with Crippen molar-refractivity contribution >= 4 is 74.7 Å². The molecule has 0 unspecified atom stereocenters. The van der Waals surface area contributed by atoms with Crippen LogP contribution in [0.1, 0.15) is 53.4 Å². The number of nitrogens with zero attached hydrogens (tertiary/aromatic N) is 2. The van der Waals surface area contributed by atoms with Gasteiger partial charge in [0.15, 0.2) is 5.96 Å². The lowest BCUT2D eigenvalue weighted by Gasteiger charge is -2.27. The molecule has 19 heteroatoms. The first-order valence-corrected chi connectivity index (χ1v) is 19.7. The molecular formula is C35H55N9O8S2. The lowest BCUT2D eigenvalue weighted by Crippen LogP contribution is -2.58. The van der Waals surface area contributed by atoms with Crippen LogP contribution in [0.5, 0.6) is 0 Å². The molecule has 4 amide bonds.